The molecule has 3 rings (SSSR count). The fourth-order valence-electron chi connectivity index (χ4n) is 2.51. The highest BCUT2D eigenvalue weighted by Crippen LogP contribution is 2.33. The van der Waals surface area contributed by atoms with Crippen LogP contribution >= 0.6 is 0 Å². The van der Waals surface area contributed by atoms with E-state index in [2.05, 4.69) is 5.10 Å². The number of benzene rings is 2. The summed E-state index contributed by atoms with van der Waals surface area (Å²) in [6, 6.07) is 10.0. The molecular formula is C17H10F3N3O. The highest BCUT2D eigenvalue weighted by atomic mass is 19.4. The Hall–Kier alpha value is -3.14. The van der Waals surface area contributed by atoms with Crippen LogP contribution in [0.3, 0.4) is 0 Å². The molecule has 1 aromatic heterocycles. The first-order chi connectivity index (χ1) is 11.4. The molecule has 0 N–H and O–H groups in total. The van der Waals surface area contributed by atoms with Gasteiger partial charge in [0.05, 0.1) is 35.5 Å². The quantitative estimate of drug-likeness (QED) is 0.687. The average molecular weight is 329 g/mol. The van der Waals surface area contributed by atoms with Crippen LogP contribution in [0.2, 0.25) is 0 Å². The summed E-state index contributed by atoms with van der Waals surface area (Å²) in [7, 11) is 0. The van der Waals surface area contributed by atoms with Crippen LogP contribution in [0.5, 0.6) is 0 Å². The summed E-state index contributed by atoms with van der Waals surface area (Å²) in [6.45, 7) is -0.0928. The summed E-state index contributed by atoms with van der Waals surface area (Å²) in [5.74, 6) is 0. The third-order valence-corrected chi connectivity index (χ3v) is 3.67. The highest BCUT2D eigenvalue weighted by molar-refractivity contribution is 5.86. The van der Waals surface area contributed by atoms with Crippen LogP contribution in [0.1, 0.15) is 27.0 Å². The second-order valence-electron chi connectivity index (χ2n) is 5.22. The number of alkyl halides is 3. The molecule has 1 heterocycles. The molecule has 0 radical (unpaired) electrons. The van der Waals surface area contributed by atoms with Gasteiger partial charge in [-0.15, -0.1) is 0 Å². The Morgan fingerprint density at radius 3 is 2.67 bits per heavy atom. The van der Waals surface area contributed by atoms with Gasteiger partial charge in [-0.2, -0.15) is 23.5 Å². The Kier molecular flexibility index (Phi) is 3.81. The topological polar surface area (TPSA) is 58.7 Å². The monoisotopic (exact) mass is 329 g/mol. The maximum atomic E-state index is 13.2. The number of aromatic nitrogens is 2. The predicted octanol–water partition coefficient (Wildman–Crippen LogP) is 3.79. The van der Waals surface area contributed by atoms with E-state index in [1.165, 1.54) is 23.0 Å². The average Bonchev–Trinajstić information content (AvgIpc) is 2.96. The van der Waals surface area contributed by atoms with Gasteiger partial charge in [0, 0.05) is 10.9 Å². The van der Waals surface area contributed by atoms with Gasteiger partial charge in [-0.05, 0) is 35.9 Å². The molecule has 0 unspecified atom stereocenters. The highest BCUT2D eigenvalue weighted by Gasteiger charge is 2.33. The zero-order chi connectivity index (χ0) is 17.3. The maximum absolute atomic E-state index is 13.2. The molecule has 0 aliphatic heterocycles. The first-order valence-corrected chi connectivity index (χ1v) is 6.93. The number of aldehydes is 1. The van der Waals surface area contributed by atoms with E-state index in [4.69, 9.17) is 5.26 Å². The molecule has 0 atom stereocenters. The van der Waals surface area contributed by atoms with Gasteiger partial charge < -0.3 is 0 Å². The zero-order valence-electron chi connectivity index (χ0n) is 12.2. The summed E-state index contributed by atoms with van der Waals surface area (Å²) in [5.41, 5.74) is 0.210. The van der Waals surface area contributed by atoms with Crippen molar-refractivity contribution in [2.45, 2.75) is 12.7 Å². The lowest BCUT2D eigenvalue weighted by Gasteiger charge is -2.13. The number of carbonyl (C=O) groups is 1. The van der Waals surface area contributed by atoms with Gasteiger partial charge in [-0.3, -0.25) is 9.48 Å². The van der Waals surface area contributed by atoms with Crippen molar-refractivity contribution in [3.05, 3.63) is 64.8 Å². The molecule has 0 saturated carbocycles. The van der Waals surface area contributed by atoms with E-state index in [0.717, 1.165) is 6.07 Å². The minimum atomic E-state index is -4.56. The molecule has 24 heavy (non-hydrogen) atoms. The summed E-state index contributed by atoms with van der Waals surface area (Å²) in [6.07, 6.45) is -2.37. The zero-order valence-corrected chi connectivity index (χ0v) is 12.2. The Balaban J connectivity index is 2.06. The van der Waals surface area contributed by atoms with Crippen molar-refractivity contribution >= 4 is 17.2 Å². The van der Waals surface area contributed by atoms with Crippen LogP contribution in [0.4, 0.5) is 13.2 Å². The number of fused-ring (bicyclic) bond motifs is 1. The van der Waals surface area contributed by atoms with Gasteiger partial charge >= 0.3 is 6.18 Å². The summed E-state index contributed by atoms with van der Waals surface area (Å²) >= 11 is 0. The number of rotatable bonds is 3. The number of nitriles is 1. The lowest BCUT2D eigenvalue weighted by molar-refractivity contribution is -0.138. The molecule has 0 aliphatic rings. The second-order valence-corrected chi connectivity index (χ2v) is 5.22. The number of nitrogens with zero attached hydrogens (tertiary/aromatic N) is 3. The van der Waals surface area contributed by atoms with Crippen molar-refractivity contribution in [2.75, 3.05) is 0 Å². The lowest BCUT2D eigenvalue weighted by atomic mass is 10.0. The minimum Gasteiger partial charge on any atom is -0.298 e. The molecule has 0 spiro atoms. The van der Waals surface area contributed by atoms with Gasteiger partial charge in [0.15, 0.2) is 0 Å². The fourth-order valence-corrected chi connectivity index (χ4v) is 2.51. The largest absolute Gasteiger partial charge is 0.416 e. The van der Waals surface area contributed by atoms with Gasteiger partial charge in [-0.1, -0.05) is 6.07 Å². The van der Waals surface area contributed by atoms with Gasteiger partial charge in [0.2, 0.25) is 0 Å². The molecule has 0 saturated heterocycles. The van der Waals surface area contributed by atoms with Crippen molar-refractivity contribution < 1.29 is 18.0 Å². The van der Waals surface area contributed by atoms with Crippen molar-refractivity contribution in [3.8, 4) is 6.07 Å². The molecule has 3 aromatic rings. The molecule has 0 bridgehead atoms. The Labute approximate surface area is 134 Å². The number of carbonyl (C=O) groups excluding carboxylic acids is 1. The Bertz CT molecular complexity index is 967. The molecule has 7 heteroatoms. The van der Waals surface area contributed by atoms with Gasteiger partial charge in [0.25, 0.3) is 0 Å². The van der Waals surface area contributed by atoms with E-state index in [1.807, 2.05) is 0 Å². The molecule has 0 aliphatic carbocycles. The van der Waals surface area contributed by atoms with Gasteiger partial charge in [0.1, 0.15) is 6.29 Å². The van der Waals surface area contributed by atoms with E-state index in [-0.39, 0.29) is 17.7 Å². The molecule has 4 nitrogen and oxygen atoms in total. The SMILES string of the molecule is N#Cc1ccc(Cn2ncc3cc(C=O)ccc32)c(C(F)(F)F)c1. The normalized spacial score (nSPS) is 11.4. The van der Waals surface area contributed by atoms with Crippen LogP contribution in [0.25, 0.3) is 10.9 Å². The lowest BCUT2D eigenvalue weighted by Crippen LogP contribution is -2.12. The van der Waals surface area contributed by atoms with E-state index >= 15 is 0 Å². The standard InChI is InChI=1S/C17H10F3N3O/c18-17(19,20)15-6-11(7-21)1-3-13(15)9-23-16-4-2-12(10-24)5-14(16)8-22-23/h1-6,8,10H,9H2. The fraction of sp³-hybridized carbons (Fsp3) is 0.118. The van der Waals surface area contributed by atoms with E-state index in [9.17, 15) is 18.0 Å². The van der Waals surface area contributed by atoms with Crippen molar-refractivity contribution in [3.63, 3.8) is 0 Å². The van der Waals surface area contributed by atoms with Crippen molar-refractivity contribution in [1.82, 2.24) is 9.78 Å². The summed E-state index contributed by atoms with van der Waals surface area (Å²) in [5, 5.41) is 13.6. The van der Waals surface area contributed by atoms with Crippen LogP contribution < -0.4 is 0 Å². The molecule has 2 aromatic carbocycles. The van der Waals surface area contributed by atoms with E-state index < -0.39 is 11.7 Å². The van der Waals surface area contributed by atoms with E-state index in [0.29, 0.717) is 22.8 Å². The minimum absolute atomic E-state index is 0.0194. The Morgan fingerprint density at radius 2 is 2.00 bits per heavy atom. The number of hydrogen-bond acceptors (Lipinski definition) is 3. The molecule has 0 amide bonds. The smallest absolute Gasteiger partial charge is 0.298 e. The summed E-state index contributed by atoms with van der Waals surface area (Å²) in [4.78, 5) is 10.8. The maximum Gasteiger partial charge on any atom is 0.416 e. The number of halogens is 3. The third kappa shape index (κ3) is 2.86. The summed E-state index contributed by atoms with van der Waals surface area (Å²) < 4.78 is 41.1. The molecule has 0 fully saturated rings. The molecular weight excluding hydrogens is 319 g/mol. The third-order valence-electron chi connectivity index (χ3n) is 3.67. The number of hydrogen-bond donors (Lipinski definition) is 0. The Morgan fingerprint density at radius 1 is 1.21 bits per heavy atom. The van der Waals surface area contributed by atoms with Crippen molar-refractivity contribution in [2.24, 2.45) is 0 Å². The van der Waals surface area contributed by atoms with Crippen LogP contribution in [0, 0.1) is 11.3 Å². The van der Waals surface area contributed by atoms with E-state index in [1.54, 1.807) is 24.3 Å². The first kappa shape index (κ1) is 15.7. The van der Waals surface area contributed by atoms with Crippen LogP contribution in [-0.2, 0) is 12.7 Å². The van der Waals surface area contributed by atoms with Crippen molar-refractivity contribution in [1.29, 1.82) is 5.26 Å². The van der Waals surface area contributed by atoms with Crippen LogP contribution in [-0.4, -0.2) is 16.1 Å². The first-order valence-electron chi connectivity index (χ1n) is 6.93. The molecule has 120 valence electrons. The van der Waals surface area contributed by atoms with Crippen LogP contribution in [0.15, 0.2) is 42.6 Å². The predicted molar refractivity (Wildman–Crippen MR) is 80.4 cm³/mol. The second kappa shape index (κ2) is 5.81. The van der Waals surface area contributed by atoms with Gasteiger partial charge in [-0.25, -0.2) is 0 Å².